The highest BCUT2D eigenvalue weighted by molar-refractivity contribution is 6.34. The summed E-state index contributed by atoms with van der Waals surface area (Å²) in [6.45, 7) is 2.49. The molecular weight excluding hydrogens is 329 g/mol. The van der Waals surface area contributed by atoms with E-state index >= 15 is 0 Å². The summed E-state index contributed by atoms with van der Waals surface area (Å²) in [7, 11) is 0. The van der Waals surface area contributed by atoms with Gasteiger partial charge >= 0.3 is 0 Å². The third kappa shape index (κ3) is 3.39. The van der Waals surface area contributed by atoms with Crippen LogP contribution < -0.4 is 5.32 Å². The molecule has 0 radical (unpaired) electrons. The molecule has 5 heteroatoms. The highest BCUT2D eigenvalue weighted by Crippen LogP contribution is 2.26. The number of nitrogens with one attached hydrogen (secondary N) is 1. The van der Waals surface area contributed by atoms with E-state index in [1.54, 1.807) is 12.1 Å². The molecule has 1 aromatic heterocycles. The molecule has 0 saturated heterocycles. The van der Waals surface area contributed by atoms with Gasteiger partial charge in [-0.25, -0.2) is 0 Å². The number of benzene rings is 2. The highest BCUT2D eigenvalue weighted by atomic mass is 35.5. The minimum atomic E-state index is 0.569. The van der Waals surface area contributed by atoms with Crippen molar-refractivity contribution in [1.29, 1.82) is 5.26 Å². The van der Waals surface area contributed by atoms with E-state index in [4.69, 9.17) is 23.2 Å². The third-order valence-corrected chi connectivity index (χ3v) is 3.93. The molecule has 0 amide bonds. The normalized spacial score (nSPS) is 10.5. The highest BCUT2D eigenvalue weighted by Gasteiger charge is 2.08. The number of hydrogen-bond donors (Lipinski definition) is 1. The molecule has 0 unspecified atom stereocenters. The number of fused-ring (bicyclic) bond motifs is 1. The fourth-order valence-corrected chi connectivity index (χ4v) is 3.09. The van der Waals surface area contributed by atoms with Crippen LogP contribution >= 0.6 is 23.2 Å². The van der Waals surface area contributed by atoms with Gasteiger partial charge in [-0.2, -0.15) is 5.26 Å². The van der Waals surface area contributed by atoms with Crippen LogP contribution in [0.4, 0.5) is 5.69 Å². The van der Waals surface area contributed by atoms with E-state index in [0.29, 0.717) is 27.7 Å². The van der Waals surface area contributed by atoms with Gasteiger partial charge in [-0.05, 0) is 42.8 Å². The standard InChI is InChI=1S/C18H13Cl2N3/c1-11-5-17(16-4-2-3-13(9-21)18(16)23-11)22-10-12-6-14(19)8-15(20)7-12/h2-8H,10H2,1H3,(H,22,23). The molecule has 0 aliphatic rings. The number of aryl methyl sites for hydroxylation is 1. The molecule has 23 heavy (non-hydrogen) atoms. The Balaban J connectivity index is 1.98. The van der Waals surface area contributed by atoms with Crippen LogP contribution in [0.15, 0.2) is 42.5 Å². The SMILES string of the molecule is Cc1cc(NCc2cc(Cl)cc(Cl)c2)c2cccc(C#N)c2n1. The Bertz CT molecular complexity index is 909. The van der Waals surface area contributed by atoms with Crippen molar-refractivity contribution in [3.8, 4) is 6.07 Å². The molecule has 3 aromatic rings. The summed E-state index contributed by atoms with van der Waals surface area (Å²) in [4.78, 5) is 4.49. The van der Waals surface area contributed by atoms with Gasteiger partial charge < -0.3 is 5.32 Å². The number of hydrogen-bond acceptors (Lipinski definition) is 3. The number of nitriles is 1. The van der Waals surface area contributed by atoms with Gasteiger partial charge in [0, 0.05) is 33.4 Å². The lowest BCUT2D eigenvalue weighted by atomic mass is 10.1. The number of rotatable bonds is 3. The van der Waals surface area contributed by atoms with Crippen LogP contribution in [0.5, 0.6) is 0 Å². The Morgan fingerprint density at radius 1 is 1.13 bits per heavy atom. The second-order valence-corrected chi connectivity index (χ2v) is 6.13. The first kappa shape index (κ1) is 15.6. The fraction of sp³-hybridized carbons (Fsp3) is 0.111. The van der Waals surface area contributed by atoms with Crippen LogP contribution in [0.1, 0.15) is 16.8 Å². The van der Waals surface area contributed by atoms with E-state index < -0.39 is 0 Å². The van der Waals surface area contributed by atoms with Crippen LogP contribution in [0.25, 0.3) is 10.9 Å². The predicted octanol–water partition coefficient (Wildman–Crippen LogP) is 5.33. The quantitative estimate of drug-likeness (QED) is 0.699. The Morgan fingerprint density at radius 2 is 1.87 bits per heavy atom. The number of aromatic nitrogens is 1. The summed E-state index contributed by atoms with van der Waals surface area (Å²) in [6.07, 6.45) is 0. The van der Waals surface area contributed by atoms with Crippen molar-refractivity contribution in [3.63, 3.8) is 0 Å². The monoisotopic (exact) mass is 341 g/mol. The molecule has 3 rings (SSSR count). The first-order valence-corrected chi connectivity index (χ1v) is 7.82. The maximum atomic E-state index is 9.25. The second kappa shape index (κ2) is 6.45. The van der Waals surface area contributed by atoms with Crippen LogP contribution in [-0.4, -0.2) is 4.98 Å². The summed E-state index contributed by atoms with van der Waals surface area (Å²) in [5.74, 6) is 0. The van der Waals surface area contributed by atoms with E-state index in [0.717, 1.165) is 22.3 Å². The van der Waals surface area contributed by atoms with E-state index in [-0.39, 0.29) is 0 Å². The molecule has 0 spiro atoms. The van der Waals surface area contributed by atoms with Crippen molar-refractivity contribution in [3.05, 3.63) is 69.3 Å². The zero-order chi connectivity index (χ0) is 16.4. The van der Waals surface area contributed by atoms with Gasteiger partial charge in [-0.15, -0.1) is 0 Å². The molecule has 1 heterocycles. The molecule has 2 aromatic carbocycles. The molecule has 0 saturated carbocycles. The van der Waals surface area contributed by atoms with E-state index in [1.165, 1.54) is 0 Å². The molecule has 0 atom stereocenters. The zero-order valence-corrected chi connectivity index (χ0v) is 13.9. The minimum absolute atomic E-state index is 0.569. The molecular formula is C18H13Cl2N3. The minimum Gasteiger partial charge on any atom is -0.380 e. The number of anilines is 1. The Labute approximate surface area is 144 Å². The average molecular weight is 342 g/mol. The summed E-state index contributed by atoms with van der Waals surface area (Å²) in [5, 5.41) is 14.8. The first-order chi connectivity index (χ1) is 11.1. The van der Waals surface area contributed by atoms with Crippen molar-refractivity contribution in [1.82, 2.24) is 4.98 Å². The second-order valence-electron chi connectivity index (χ2n) is 5.26. The molecule has 0 fully saturated rings. The van der Waals surface area contributed by atoms with Crippen molar-refractivity contribution >= 4 is 39.8 Å². The number of para-hydroxylation sites is 1. The largest absolute Gasteiger partial charge is 0.380 e. The van der Waals surface area contributed by atoms with Crippen molar-refractivity contribution < 1.29 is 0 Å². The molecule has 0 aliphatic heterocycles. The van der Waals surface area contributed by atoms with Crippen molar-refractivity contribution in [2.24, 2.45) is 0 Å². The van der Waals surface area contributed by atoms with E-state index in [2.05, 4.69) is 16.4 Å². The Morgan fingerprint density at radius 3 is 2.57 bits per heavy atom. The van der Waals surface area contributed by atoms with Gasteiger partial charge in [0.15, 0.2) is 0 Å². The van der Waals surface area contributed by atoms with Crippen molar-refractivity contribution in [2.45, 2.75) is 13.5 Å². The predicted molar refractivity (Wildman–Crippen MR) is 95.0 cm³/mol. The van der Waals surface area contributed by atoms with Crippen LogP contribution in [0, 0.1) is 18.3 Å². The van der Waals surface area contributed by atoms with Gasteiger partial charge in [0.1, 0.15) is 6.07 Å². The maximum absolute atomic E-state index is 9.25. The van der Waals surface area contributed by atoms with Gasteiger partial charge in [-0.3, -0.25) is 4.98 Å². The maximum Gasteiger partial charge on any atom is 0.101 e. The fourth-order valence-electron chi connectivity index (χ4n) is 2.52. The Kier molecular flexibility index (Phi) is 4.38. The van der Waals surface area contributed by atoms with E-state index in [1.807, 2.05) is 37.3 Å². The van der Waals surface area contributed by atoms with Gasteiger partial charge in [0.25, 0.3) is 0 Å². The summed E-state index contributed by atoms with van der Waals surface area (Å²) < 4.78 is 0. The van der Waals surface area contributed by atoms with Crippen LogP contribution in [-0.2, 0) is 6.54 Å². The molecule has 0 aliphatic carbocycles. The Hall–Kier alpha value is -2.28. The number of halogens is 2. The van der Waals surface area contributed by atoms with Crippen molar-refractivity contribution in [2.75, 3.05) is 5.32 Å². The third-order valence-electron chi connectivity index (χ3n) is 3.49. The average Bonchev–Trinajstić information content (AvgIpc) is 2.51. The molecule has 1 N–H and O–H groups in total. The first-order valence-electron chi connectivity index (χ1n) is 7.06. The summed E-state index contributed by atoms with van der Waals surface area (Å²) >= 11 is 12.1. The molecule has 3 nitrogen and oxygen atoms in total. The van der Waals surface area contributed by atoms with Gasteiger partial charge in [0.05, 0.1) is 11.1 Å². The van der Waals surface area contributed by atoms with Crippen LogP contribution in [0.3, 0.4) is 0 Å². The smallest absolute Gasteiger partial charge is 0.101 e. The topological polar surface area (TPSA) is 48.7 Å². The molecule has 0 bridgehead atoms. The lowest BCUT2D eigenvalue weighted by molar-refractivity contribution is 1.14. The van der Waals surface area contributed by atoms with E-state index in [9.17, 15) is 5.26 Å². The van der Waals surface area contributed by atoms with Gasteiger partial charge in [-0.1, -0.05) is 35.3 Å². The zero-order valence-electron chi connectivity index (χ0n) is 12.4. The summed E-state index contributed by atoms with van der Waals surface area (Å²) in [5.41, 5.74) is 4.05. The number of pyridine rings is 1. The molecule has 114 valence electrons. The number of nitrogens with zero attached hydrogens (tertiary/aromatic N) is 2. The lowest BCUT2D eigenvalue weighted by Gasteiger charge is -2.12. The summed E-state index contributed by atoms with van der Waals surface area (Å²) in [6, 6.07) is 15.2. The lowest BCUT2D eigenvalue weighted by Crippen LogP contribution is -2.02. The van der Waals surface area contributed by atoms with Gasteiger partial charge in [0.2, 0.25) is 0 Å². The van der Waals surface area contributed by atoms with Crippen LogP contribution in [0.2, 0.25) is 10.0 Å².